The summed E-state index contributed by atoms with van der Waals surface area (Å²) in [4.78, 5) is 46.6. The number of imidazole rings is 1. The molecule has 9 nitrogen and oxygen atoms in total. The minimum atomic E-state index is -0.699. The Bertz CT molecular complexity index is 1300. The van der Waals surface area contributed by atoms with Crippen molar-refractivity contribution in [3.05, 3.63) is 56.5 Å². The molecule has 1 unspecified atom stereocenters. The van der Waals surface area contributed by atoms with Crippen LogP contribution in [0.15, 0.2) is 38.8 Å². The van der Waals surface area contributed by atoms with Crippen molar-refractivity contribution in [2.75, 3.05) is 17.6 Å². The molecule has 0 bridgehead atoms. The molecule has 0 saturated heterocycles. The molecule has 1 N–H and O–H groups in total. The predicted octanol–water partition coefficient (Wildman–Crippen LogP) is 1.44. The highest BCUT2D eigenvalue weighted by molar-refractivity contribution is 8.14. The highest BCUT2D eigenvalue weighted by Crippen LogP contribution is 2.22. The highest BCUT2D eigenvalue weighted by atomic mass is 32.2. The molecule has 1 aliphatic heterocycles. The predicted molar refractivity (Wildman–Crippen MR) is 119 cm³/mol. The van der Waals surface area contributed by atoms with Crippen LogP contribution in [0.4, 0.5) is 5.69 Å². The average Bonchev–Trinajstić information content (AvgIpc) is 3.39. The largest absolute Gasteiger partial charge is 0.332 e. The molecule has 2 aromatic heterocycles. The first kappa shape index (κ1) is 20.1. The lowest BCUT2D eigenvalue weighted by atomic mass is 10.2. The van der Waals surface area contributed by atoms with Gasteiger partial charge < -0.3 is 9.88 Å². The number of anilines is 1. The maximum atomic E-state index is 12.9. The Morgan fingerprint density at radius 3 is 2.50 bits per heavy atom. The fourth-order valence-electron chi connectivity index (χ4n) is 3.57. The molecule has 30 heavy (non-hydrogen) atoms. The molecule has 0 aliphatic carbocycles. The number of carbonyl (C=O) groups excluding carboxylic acids is 1. The first-order chi connectivity index (χ1) is 14.3. The topological polar surface area (TPSA) is 103 Å². The van der Waals surface area contributed by atoms with Gasteiger partial charge in [-0.15, -0.1) is 11.8 Å². The SMILES string of the molecule is Cc1nc2c(c(=O)n(C)c(=O)n2C)n1C(C)C(=O)Nc1ccc(C2=NCCS2)cc1. The third kappa shape index (κ3) is 3.26. The van der Waals surface area contributed by atoms with Gasteiger partial charge in [0.1, 0.15) is 11.9 Å². The monoisotopic (exact) mass is 426 g/mol. The van der Waals surface area contributed by atoms with E-state index in [1.807, 2.05) is 24.3 Å². The molecule has 10 heteroatoms. The summed E-state index contributed by atoms with van der Waals surface area (Å²) in [6.07, 6.45) is 0. The van der Waals surface area contributed by atoms with Crippen LogP contribution in [0.25, 0.3) is 11.2 Å². The molecular formula is C20H22N6O3S. The zero-order chi connectivity index (χ0) is 21.6. The van der Waals surface area contributed by atoms with Crippen LogP contribution in [0, 0.1) is 6.92 Å². The molecule has 1 aliphatic rings. The molecule has 0 spiro atoms. The number of nitrogens with one attached hydrogen (secondary N) is 1. The van der Waals surface area contributed by atoms with E-state index in [0.29, 0.717) is 11.5 Å². The maximum Gasteiger partial charge on any atom is 0.332 e. The first-order valence-electron chi connectivity index (χ1n) is 9.52. The number of rotatable bonds is 4. The number of carbonyl (C=O) groups is 1. The number of aliphatic imine (C=N–C) groups is 1. The normalized spacial score (nSPS) is 14.7. The van der Waals surface area contributed by atoms with Gasteiger partial charge in [-0.25, -0.2) is 9.78 Å². The Balaban J connectivity index is 1.65. The summed E-state index contributed by atoms with van der Waals surface area (Å²) in [7, 11) is 2.97. The van der Waals surface area contributed by atoms with Gasteiger partial charge in [0.15, 0.2) is 11.2 Å². The molecule has 0 saturated carbocycles. The van der Waals surface area contributed by atoms with E-state index in [1.165, 1.54) is 11.6 Å². The van der Waals surface area contributed by atoms with Crippen molar-refractivity contribution in [3.63, 3.8) is 0 Å². The van der Waals surface area contributed by atoms with Crippen molar-refractivity contribution in [2.24, 2.45) is 19.1 Å². The van der Waals surface area contributed by atoms with Crippen LogP contribution < -0.4 is 16.6 Å². The Morgan fingerprint density at radius 1 is 1.17 bits per heavy atom. The van der Waals surface area contributed by atoms with E-state index < -0.39 is 17.3 Å². The van der Waals surface area contributed by atoms with E-state index in [1.54, 1.807) is 37.2 Å². The van der Waals surface area contributed by atoms with Gasteiger partial charge in [0.05, 0.1) is 5.04 Å². The van der Waals surface area contributed by atoms with Crippen molar-refractivity contribution in [2.45, 2.75) is 19.9 Å². The molecule has 1 amide bonds. The second-order valence-electron chi connectivity index (χ2n) is 7.18. The van der Waals surface area contributed by atoms with Crippen molar-refractivity contribution in [1.82, 2.24) is 18.7 Å². The van der Waals surface area contributed by atoms with Gasteiger partial charge in [-0.3, -0.25) is 23.7 Å². The second kappa shape index (κ2) is 7.60. The fourth-order valence-corrected chi connectivity index (χ4v) is 4.43. The van der Waals surface area contributed by atoms with Gasteiger partial charge in [-0.2, -0.15) is 0 Å². The van der Waals surface area contributed by atoms with Crippen LogP contribution in [0.5, 0.6) is 0 Å². The highest BCUT2D eigenvalue weighted by Gasteiger charge is 2.24. The van der Waals surface area contributed by atoms with E-state index in [9.17, 15) is 14.4 Å². The number of hydrogen-bond acceptors (Lipinski definition) is 6. The van der Waals surface area contributed by atoms with Crippen LogP contribution in [-0.2, 0) is 18.9 Å². The van der Waals surface area contributed by atoms with Crippen molar-refractivity contribution in [3.8, 4) is 0 Å². The van der Waals surface area contributed by atoms with Crippen LogP contribution in [0.2, 0.25) is 0 Å². The zero-order valence-electron chi connectivity index (χ0n) is 17.2. The van der Waals surface area contributed by atoms with Crippen molar-refractivity contribution < 1.29 is 4.79 Å². The molecule has 0 fully saturated rings. The standard InChI is InChI=1S/C20H22N6O3S/c1-11(17(27)23-14-7-5-13(6-8-14)18-21-9-10-30-18)26-12(2)22-16-15(26)19(28)25(4)20(29)24(16)3/h5-8,11H,9-10H2,1-4H3,(H,23,27). The Morgan fingerprint density at radius 2 is 1.87 bits per heavy atom. The summed E-state index contributed by atoms with van der Waals surface area (Å²) in [6, 6.07) is 6.84. The van der Waals surface area contributed by atoms with Gasteiger partial charge >= 0.3 is 5.69 Å². The van der Waals surface area contributed by atoms with Gasteiger partial charge in [0.25, 0.3) is 5.56 Å². The van der Waals surface area contributed by atoms with Crippen LogP contribution in [0.1, 0.15) is 24.4 Å². The van der Waals surface area contributed by atoms with Crippen molar-refractivity contribution in [1.29, 1.82) is 0 Å². The number of thioether (sulfide) groups is 1. The van der Waals surface area contributed by atoms with E-state index >= 15 is 0 Å². The fraction of sp³-hybridized carbons (Fsp3) is 0.350. The summed E-state index contributed by atoms with van der Waals surface area (Å²) >= 11 is 1.72. The number of aromatic nitrogens is 4. The molecule has 3 aromatic rings. The minimum absolute atomic E-state index is 0.228. The quantitative estimate of drug-likeness (QED) is 0.680. The van der Waals surface area contributed by atoms with E-state index in [-0.39, 0.29) is 17.1 Å². The number of hydrogen-bond donors (Lipinski definition) is 1. The third-order valence-electron chi connectivity index (χ3n) is 5.22. The van der Waals surface area contributed by atoms with Gasteiger partial charge in [0.2, 0.25) is 5.91 Å². The molecular weight excluding hydrogens is 404 g/mol. The molecule has 3 heterocycles. The second-order valence-corrected chi connectivity index (χ2v) is 8.27. The summed E-state index contributed by atoms with van der Waals surface area (Å²) < 4.78 is 3.91. The molecule has 156 valence electrons. The summed E-state index contributed by atoms with van der Waals surface area (Å²) in [5, 5.41) is 3.91. The Labute approximate surface area is 176 Å². The summed E-state index contributed by atoms with van der Waals surface area (Å²) in [6.45, 7) is 4.24. The van der Waals surface area contributed by atoms with Crippen LogP contribution >= 0.6 is 11.8 Å². The van der Waals surface area contributed by atoms with E-state index in [4.69, 9.17) is 0 Å². The van der Waals surface area contributed by atoms with Gasteiger partial charge in [0, 0.05) is 37.6 Å². The van der Waals surface area contributed by atoms with Crippen LogP contribution in [-0.4, -0.2) is 41.9 Å². The smallest absolute Gasteiger partial charge is 0.324 e. The zero-order valence-corrected chi connectivity index (χ0v) is 18.0. The summed E-state index contributed by atoms with van der Waals surface area (Å²) in [5.74, 6) is 1.19. The molecule has 1 atom stereocenters. The maximum absolute atomic E-state index is 12.9. The summed E-state index contributed by atoms with van der Waals surface area (Å²) in [5.41, 5.74) is 1.24. The van der Waals surface area contributed by atoms with Gasteiger partial charge in [-0.1, -0.05) is 12.1 Å². The van der Waals surface area contributed by atoms with E-state index in [2.05, 4.69) is 15.3 Å². The Kier molecular flexibility index (Phi) is 5.10. The molecule has 4 rings (SSSR count). The third-order valence-corrected chi connectivity index (χ3v) is 6.24. The number of fused-ring (bicyclic) bond motifs is 1. The van der Waals surface area contributed by atoms with Gasteiger partial charge in [-0.05, 0) is 26.0 Å². The number of nitrogens with zero attached hydrogens (tertiary/aromatic N) is 5. The lowest BCUT2D eigenvalue weighted by Gasteiger charge is -2.16. The van der Waals surface area contributed by atoms with E-state index in [0.717, 1.165) is 27.5 Å². The minimum Gasteiger partial charge on any atom is -0.324 e. The molecule has 1 aromatic carbocycles. The average molecular weight is 427 g/mol. The Hall–Kier alpha value is -3.14. The first-order valence-corrected chi connectivity index (χ1v) is 10.5. The van der Waals surface area contributed by atoms with Crippen molar-refractivity contribution >= 4 is 39.6 Å². The lowest BCUT2D eigenvalue weighted by molar-refractivity contribution is -0.118. The molecule has 0 radical (unpaired) electrons. The number of aryl methyl sites for hydroxylation is 2. The van der Waals surface area contributed by atoms with Crippen LogP contribution in [0.3, 0.4) is 0 Å². The lowest BCUT2D eigenvalue weighted by Crippen LogP contribution is -2.38. The number of benzene rings is 1. The number of amides is 1.